The highest BCUT2D eigenvalue weighted by Crippen LogP contribution is 2.14. The van der Waals surface area contributed by atoms with Crippen LogP contribution in [0.15, 0.2) is 0 Å². The van der Waals surface area contributed by atoms with Gasteiger partial charge >= 0.3 is 5.97 Å². The second-order valence-corrected chi connectivity index (χ2v) is 8.51. The first-order valence-corrected chi connectivity index (χ1v) is 14.6. The highest BCUT2D eigenvalue weighted by Gasteiger charge is 2.16. The molecule has 0 aromatic rings. The lowest BCUT2D eigenvalue weighted by Gasteiger charge is -2.13. The number of carbonyl (C=O) groups excluding carboxylic acids is 1. The van der Waals surface area contributed by atoms with E-state index in [1.54, 1.807) is 0 Å². The summed E-state index contributed by atoms with van der Waals surface area (Å²) in [5.41, 5.74) is 0. The third-order valence-electron chi connectivity index (χ3n) is 5.38. The second-order valence-electron chi connectivity index (χ2n) is 8.51. The number of hydrogen-bond acceptors (Lipinski definition) is 11. The Kier molecular flexibility index (Phi) is 32.6. The van der Waals surface area contributed by atoms with Gasteiger partial charge in [-0.05, 0) is 19.8 Å². The third kappa shape index (κ3) is 29.9. The maximum Gasteiger partial charge on any atom is 0.308 e. The number of hydrogen-bond donors (Lipinski definition) is 0. The van der Waals surface area contributed by atoms with E-state index in [4.69, 9.17) is 47.4 Å². The van der Waals surface area contributed by atoms with Gasteiger partial charge in [0, 0.05) is 6.61 Å². The van der Waals surface area contributed by atoms with Crippen molar-refractivity contribution in [1.29, 1.82) is 0 Å². The van der Waals surface area contributed by atoms with Gasteiger partial charge in [0.15, 0.2) is 0 Å². The van der Waals surface area contributed by atoms with Crippen LogP contribution in [0.5, 0.6) is 0 Å². The van der Waals surface area contributed by atoms with Crippen LogP contribution in [0.2, 0.25) is 0 Å². The predicted molar refractivity (Wildman–Crippen MR) is 147 cm³/mol. The van der Waals surface area contributed by atoms with Crippen molar-refractivity contribution in [2.45, 2.75) is 46.5 Å². The lowest BCUT2D eigenvalue weighted by Crippen LogP contribution is -2.20. The maximum atomic E-state index is 12.0. The molecule has 0 aliphatic carbocycles. The number of rotatable bonds is 33. The minimum Gasteiger partial charge on any atom is -0.463 e. The van der Waals surface area contributed by atoms with Gasteiger partial charge in [0.25, 0.3) is 0 Å². The van der Waals surface area contributed by atoms with Gasteiger partial charge in [0.2, 0.25) is 0 Å². The molecule has 0 aromatic heterocycles. The number of ether oxygens (including phenoxy) is 10. The molecule has 11 heteroatoms. The largest absolute Gasteiger partial charge is 0.463 e. The summed E-state index contributed by atoms with van der Waals surface area (Å²) in [6, 6.07) is 0. The van der Waals surface area contributed by atoms with Crippen LogP contribution >= 0.6 is 0 Å². The Bertz CT molecular complexity index is 482. The van der Waals surface area contributed by atoms with Crippen LogP contribution in [0.4, 0.5) is 0 Å². The molecule has 0 spiro atoms. The lowest BCUT2D eigenvalue weighted by molar-refractivity contribution is -0.150. The zero-order valence-corrected chi connectivity index (χ0v) is 24.8. The Labute approximate surface area is 236 Å². The van der Waals surface area contributed by atoms with Crippen molar-refractivity contribution in [2.75, 3.05) is 126 Å². The highest BCUT2D eigenvalue weighted by molar-refractivity contribution is 5.72. The predicted octanol–water partition coefficient (Wildman–Crippen LogP) is 2.92. The monoisotopic (exact) mass is 568 g/mol. The van der Waals surface area contributed by atoms with Gasteiger partial charge in [-0.25, -0.2) is 0 Å². The summed E-state index contributed by atoms with van der Waals surface area (Å²) in [5.74, 6) is -0.115. The Morgan fingerprint density at radius 1 is 0.462 bits per heavy atom. The fourth-order valence-corrected chi connectivity index (χ4v) is 3.16. The van der Waals surface area contributed by atoms with Gasteiger partial charge in [0.1, 0.15) is 6.61 Å². The van der Waals surface area contributed by atoms with Crippen molar-refractivity contribution >= 4 is 5.97 Å². The SMILES string of the molecule is CCCCC(CC)C(=O)OCCOCCOCCOCCOCCOCCOCCOCCOCCOCC. The number of unbranched alkanes of at least 4 members (excludes halogenated alkanes) is 1. The molecule has 0 amide bonds. The maximum absolute atomic E-state index is 12.0. The van der Waals surface area contributed by atoms with Gasteiger partial charge < -0.3 is 47.4 Å². The summed E-state index contributed by atoms with van der Waals surface area (Å²) in [5, 5.41) is 0. The number of carbonyl (C=O) groups is 1. The quantitative estimate of drug-likeness (QED) is 0.0861. The topological polar surface area (TPSA) is 109 Å². The summed E-state index contributed by atoms with van der Waals surface area (Å²) in [7, 11) is 0. The molecule has 0 aromatic carbocycles. The zero-order valence-electron chi connectivity index (χ0n) is 24.8. The van der Waals surface area contributed by atoms with Crippen molar-refractivity contribution in [1.82, 2.24) is 0 Å². The van der Waals surface area contributed by atoms with Gasteiger partial charge in [-0.1, -0.05) is 26.7 Å². The van der Waals surface area contributed by atoms with Crippen molar-refractivity contribution < 1.29 is 52.2 Å². The average molecular weight is 569 g/mol. The highest BCUT2D eigenvalue weighted by atomic mass is 16.6. The Balaban J connectivity index is 3.16. The Hall–Kier alpha value is -0.890. The van der Waals surface area contributed by atoms with E-state index in [1.807, 2.05) is 13.8 Å². The molecule has 0 radical (unpaired) electrons. The van der Waals surface area contributed by atoms with Gasteiger partial charge in [0.05, 0.1) is 118 Å². The van der Waals surface area contributed by atoms with E-state index >= 15 is 0 Å². The average Bonchev–Trinajstić information content (AvgIpc) is 2.95. The number of esters is 1. The molecule has 0 bridgehead atoms. The summed E-state index contributed by atoms with van der Waals surface area (Å²) in [6.45, 7) is 15.9. The van der Waals surface area contributed by atoms with E-state index < -0.39 is 0 Å². The molecule has 0 aliphatic rings. The molecule has 0 heterocycles. The van der Waals surface area contributed by atoms with Gasteiger partial charge in [-0.15, -0.1) is 0 Å². The molecule has 0 aliphatic heterocycles. The molecule has 1 unspecified atom stereocenters. The van der Waals surface area contributed by atoms with Crippen LogP contribution in [0.3, 0.4) is 0 Å². The van der Waals surface area contributed by atoms with Crippen molar-refractivity contribution in [3.8, 4) is 0 Å². The first-order valence-electron chi connectivity index (χ1n) is 14.6. The van der Waals surface area contributed by atoms with E-state index in [0.29, 0.717) is 119 Å². The molecule has 234 valence electrons. The lowest BCUT2D eigenvalue weighted by atomic mass is 10.00. The van der Waals surface area contributed by atoms with Crippen LogP contribution in [0.25, 0.3) is 0 Å². The summed E-state index contributed by atoms with van der Waals surface area (Å²) in [6.07, 6.45) is 3.85. The molecular weight excluding hydrogens is 512 g/mol. The molecule has 11 nitrogen and oxygen atoms in total. The van der Waals surface area contributed by atoms with Crippen LogP contribution in [0.1, 0.15) is 46.5 Å². The van der Waals surface area contributed by atoms with Crippen LogP contribution in [-0.2, 0) is 52.2 Å². The van der Waals surface area contributed by atoms with Crippen molar-refractivity contribution in [3.05, 3.63) is 0 Å². The van der Waals surface area contributed by atoms with Crippen molar-refractivity contribution in [2.24, 2.45) is 5.92 Å². The Morgan fingerprint density at radius 2 is 0.769 bits per heavy atom. The summed E-state index contributed by atoms with van der Waals surface area (Å²) in [4.78, 5) is 12.0. The van der Waals surface area contributed by atoms with E-state index in [0.717, 1.165) is 25.7 Å². The summed E-state index contributed by atoms with van der Waals surface area (Å²) >= 11 is 0. The molecule has 1 atom stereocenters. The molecule has 0 saturated carbocycles. The smallest absolute Gasteiger partial charge is 0.308 e. The minimum absolute atomic E-state index is 0.00179. The normalized spacial score (nSPS) is 12.2. The van der Waals surface area contributed by atoms with E-state index in [1.165, 1.54) is 0 Å². The first kappa shape index (κ1) is 38.1. The van der Waals surface area contributed by atoms with Gasteiger partial charge in [-0.2, -0.15) is 0 Å². The molecule has 0 N–H and O–H groups in total. The molecule has 0 saturated heterocycles. The minimum atomic E-state index is -0.117. The van der Waals surface area contributed by atoms with E-state index in [9.17, 15) is 4.79 Å². The fraction of sp³-hybridized carbons (Fsp3) is 0.964. The molecule has 39 heavy (non-hydrogen) atoms. The van der Waals surface area contributed by atoms with Crippen molar-refractivity contribution in [3.63, 3.8) is 0 Å². The molecular formula is C28H56O11. The second kappa shape index (κ2) is 33.3. The Morgan fingerprint density at radius 3 is 1.05 bits per heavy atom. The molecule has 0 rings (SSSR count). The zero-order chi connectivity index (χ0) is 28.5. The van der Waals surface area contributed by atoms with E-state index in [-0.39, 0.29) is 18.5 Å². The van der Waals surface area contributed by atoms with Gasteiger partial charge in [-0.3, -0.25) is 4.79 Å². The van der Waals surface area contributed by atoms with Crippen LogP contribution < -0.4 is 0 Å². The summed E-state index contributed by atoms with van der Waals surface area (Å²) < 4.78 is 53.9. The van der Waals surface area contributed by atoms with Crippen LogP contribution in [0, 0.1) is 5.92 Å². The standard InChI is InChI=1S/C28H56O11/c1-4-7-8-27(5-2)28(29)39-26-25-38-24-23-37-22-21-36-20-19-35-18-17-34-16-15-33-14-13-32-12-11-31-10-9-30-6-3/h27H,4-26H2,1-3H3. The third-order valence-corrected chi connectivity index (χ3v) is 5.38. The van der Waals surface area contributed by atoms with Crippen LogP contribution in [-0.4, -0.2) is 132 Å². The first-order chi connectivity index (χ1) is 19.3. The fourth-order valence-electron chi connectivity index (χ4n) is 3.16. The van der Waals surface area contributed by atoms with E-state index in [2.05, 4.69) is 6.92 Å². The molecule has 0 fully saturated rings.